The Kier molecular flexibility index (Phi) is 4.89. The van der Waals surface area contributed by atoms with Crippen molar-refractivity contribution in [1.82, 2.24) is 4.90 Å². The van der Waals surface area contributed by atoms with E-state index in [2.05, 4.69) is 0 Å². The average Bonchev–Trinajstić information content (AvgIpc) is 2.62. The summed E-state index contributed by atoms with van der Waals surface area (Å²) in [7, 11) is 0. The molecule has 0 saturated carbocycles. The van der Waals surface area contributed by atoms with Crippen LogP contribution in [0.5, 0.6) is 5.75 Å². The smallest absolute Gasteiger partial charge is 0.328 e. The summed E-state index contributed by atoms with van der Waals surface area (Å²) >= 11 is 0. The SMILES string of the molecule is C[C@H]1Oc2ccccc2N(CCC(=O)N2CCOC[C@H]2C(=O)O)C1=O. The van der Waals surface area contributed by atoms with Gasteiger partial charge in [0.2, 0.25) is 5.91 Å². The summed E-state index contributed by atoms with van der Waals surface area (Å²) in [6.07, 6.45) is -0.587. The van der Waals surface area contributed by atoms with Gasteiger partial charge in [0, 0.05) is 19.5 Å². The average molecular weight is 348 g/mol. The van der Waals surface area contributed by atoms with E-state index in [0.29, 0.717) is 18.0 Å². The lowest BCUT2D eigenvalue weighted by molar-refractivity contribution is -0.158. The number of fused-ring (bicyclic) bond motifs is 1. The van der Waals surface area contributed by atoms with Crippen molar-refractivity contribution >= 4 is 23.5 Å². The molecule has 0 radical (unpaired) electrons. The number of carboxylic acids is 1. The molecular formula is C17H20N2O6. The molecule has 2 atom stereocenters. The van der Waals surface area contributed by atoms with Crippen molar-refractivity contribution < 1.29 is 29.0 Å². The Morgan fingerprint density at radius 3 is 2.84 bits per heavy atom. The van der Waals surface area contributed by atoms with E-state index in [1.807, 2.05) is 6.07 Å². The fourth-order valence-electron chi connectivity index (χ4n) is 3.05. The van der Waals surface area contributed by atoms with Gasteiger partial charge in [-0.05, 0) is 19.1 Å². The summed E-state index contributed by atoms with van der Waals surface area (Å²) in [6, 6.07) is 6.17. The lowest BCUT2D eigenvalue weighted by atomic mass is 10.1. The predicted molar refractivity (Wildman–Crippen MR) is 87.5 cm³/mol. The Hall–Kier alpha value is -2.61. The molecule has 1 aromatic carbocycles. The number of carbonyl (C=O) groups is 3. The fourth-order valence-corrected chi connectivity index (χ4v) is 3.05. The molecule has 0 spiro atoms. The van der Waals surface area contributed by atoms with Crippen LogP contribution in [0.25, 0.3) is 0 Å². The molecule has 0 bridgehead atoms. The molecule has 2 amide bonds. The van der Waals surface area contributed by atoms with Gasteiger partial charge in [-0.1, -0.05) is 12.1 Å². The van der Waals surface area contributed by atoms with Gasteiger partial charge in [-0.15, -0.1) is 0 Å². The molecule has 2 aliphatic heterocycles. The highest BCUT2D eigenvalue weighted by Crippen LogP contribution is 2.33. The highest BCUT2D eigenvalue weighted by molar-refractivity contribution is 6.00. The quantitative estimate of drug-likeness (QED) is 0.851. The highest BCUT2D eigenvalue weighted by atomic mass is 16.5. The number of morpholine rings is 1. The van der Waals surface area contributed by atoms with Gasteiger partial charge in [-0.25, -0.2) is 4.79 Å². The first-order valence-corrected chi connectivity index (χ1v) is 8.16. The van der Waals surface area contributed by atoms with Crippen LogP contribution >= 0.6 is 0 Å². The molecule has 3 rings (SSSR count). The number of hydrogen-bond donors (Lipinski definition) is 1. The maximum Gasteiger partial charge on any atom is 0.328 e. The molecule has 2 heterocycles. The van der Waals surface area contributed by atoms with Crippen LogP contribution in [0, 0.1) is 0 Å². The first-order chi connectivity index (χ1) is 12.0. The fraction of sp³-hybridized carbons (Fsp3) is 0.471. The zero-order chi connectivity index (χ0) is 18.0. The monoisotopic (exact) mass is 348 g/mol. The zero-order valence-corrected chi connectivity index (χ0v) is 13.9. The number of amides is 2. The van der Waals surface area contributed by atoms with Crippen LogP contribution in [0.15, 0.2) is 24.3 Å². The Morgan fingerprint density at radius 1 is 1.32 bits per heavy atom. The molecule has 1 fully saturated rings. The van der Waals surface area contributed by atoms with E-state index in [1.165, 1.54) is 9.80 Å². The standard InChI is InChI=1S/C17H20N2O6/c1-11-16(21)19(12-4-2-3-5-14(12)25-11)7-6-15(20)18-8-9-24-10-13(18)17(22)23/h2-5,11,13H,6-10H2,1H3,(H,22,23)/t11-,13+/m1/s1. The maximum atomic E-state index is 12.5. The summed E-state index contributed by atoms with van der Waals surface area (Å²) in [5.41, 5.74) is 0.621. The number of para-hydroxylation sites is 2. The molecule has 2 aliphatic rings. The van der Waals surface area contributed by atoms with E-state index in [9.17, 15) is 19.5 Å². The predicted octanol–water partition coefficient (Wildman–Crippen LogP) is 0.503. The molecule has 0 unspecified atom stereocenters. The van der Waals surface area contributed by atoms with Crippen molar-refractivity contribution in [3.63, 3.8) is 0 Å². The van der Waals surface area contributed by atoms with E-state index in [1.54, 1.807) is 25.1 Å². The molecule has 1 N–H and O–H groups in total. The van der Waals surface area contributed by atoms with Gasteiger partial charge in [0.05, 0.1) is 18.9 Å². The normalized spacial score (nSPS) is 23.0. The number of rotatable bonds is 4. The van der Waals surface area contributed by atoms with Crippen LogP contribution in [0.3, 0.4) is 0 Å². The Labute approximate surface area is 144 Å². The molecule has 8 nitrogen and oxygen atoms in total. The largest absolute Gasteiger partial charge is 0.480 e. The topological polar surface area (TPSA) is 96.4 Å². The Bertz CT molecular complexity index is 691. The third-order valence-electron chi connectivity index (χ3n) is 4.36. The maximum absolute atomic E-state index is 12.5. The second-order valence-electron chi connectivity index (χ2n) is 5.98. The van der Waals surface area contributed by atoms with E-state index in [4.69, 9.17) is 9.47 Å². The van der Waals surface area contributed by atoms with E-state index in [-0.39, 0.29) is 37.9 Å². The summed E-state index contributed by atoms with van der Waals surface area (Å²) in [6.45, 7) is 2.37. The van der Waals surface area contributed by atoms with Crippen LogP contribution < -0.4 is 9.64 Å². The number of nitrogens with zero attached hydrogens (tertiary/aromatic N) is 2. The van der Waals surface area contributed by atoms with Crippen molar-refractivity contribution in [3.8, 4) is 5.75 Å². The van der Waals surface area contributed by atoms with Gasteiger partial charge in [0.15, 0.2) is 12.1 Å². The van der Waals surface area contributed by atoms with Gasteiger partial charge in [-0.3, -0.25) is 9.59 Å². The number of carboxylic acid groups (broad SMARTS) is 1. The molecule has 0 aromatic heterocycles. The number of carbonyl (C=O) groups excluding carboxylic acids is 2. The highest BCUT2D eigenvalue weighted by Gasteiger charge is 2.35. The summed E-state index contributed by atoms with van der Waals surface area (Å²) in [5, 5.41) is 9.23. The van der Waals surface area contributed by atoms with Crippen molar-refractivity contribution in [2.75, 3.05) is 31.2 Å². The minimum atomic E-state index is -1.09. The van der Waals surface area contributed by atoms with Crippen molar-refractivity contribution in [2.24, 2.45) is 0 Å². The zero-order valence-electron chi connectivity index (χ0n) is 13.9. The van der Waals surface area contributed by atoms with E-state index >= 15 is 0 Å². The number of anilines is 1. The first kappa shape index (κ1) is 17.2. The Balaban J connectivity index is 1.71. The molecule has 134 valence electrons. The van der Waals surface area contributed by atoms with Gasteiger partial charge in [0.25, 0.3) is 5.91 Å². The second-order valence-corrected chi connectivity index (χ2v) is 5.98. The van der Waals surface area contributed by atoms with Gasteiger partial charge in [0.1, 0.15) is 5.75 Å². The van der Waals surface area contributed by atoms with Crippen molar-refractivity contribution in [3.05, 3.63) is 24.3 Å². The van der Waals surface area contributed by atoms with Crippen molar-refractivity contribution in [1.29, 1.82) is 0 Å². The van der Waals surface area contributed by atoms with E-state index in [0.717, 1.165) is 0 Å². The molecular weight excluding hydrogens is 328 g/mol. The number of hydrogen-bond acceptors (Lipinski definition) is 5. The molecule has 25 heavy (non-hydrogen) atoms. The third kappa shape index (κ3) is 3.43. The Morgan fingerprint density at radius 2 is 2.08 bits per heavy atom. The summed E-state index contributed by atoms with van der Waals surface area (Å²) in [5.74, 6) is -1.02. The van der Waals surface area contributed by atoms with Gasteiger partial charge < -0.3 is 24.4 Å². The number of benzene rings is 1. The van der Waals surface area contributed by atoms with Gasteiger partial charge in [-0.2, -0.15) is 0 Å². The molecule has 0 aliphatic carbocycles. The van der Waals surface area contributed by atoms with Crippen LogP contribution in [0.4, 0.5) is 5.69 Å². The third-order valence-corrected chi connectivity index (χ3v) is 4.36. The molecule has 1 aromatic rings. The van der Waals surface area contributed by atoms with Crippen molar-refractivity contribution in [2.45, 2.75) is 25.5 Å². The minimum absolute atomic E-state index is 0.0164. The minimum Gasteiger partial charge on any atom is -0.480 e. The molecule has 8 heteroatoms. The van der Waals surface area contributed by atoms with Gasteiger partial charge >= 0.3 is 5.97 Å². The summed E-state index contributed by atoms with van der Waals surface area (Å²) < 4.78 is 10.7. The summed E-state index contributed by atoms with van der Waals surface area (Å²) in [4.78, 5) is 39.0. The van der Waals surface area contributed by atoms with Crippen LogP contribution in [-0.4, -0.2) is 66.2 Å². The lowest BCUT2D eigenvalue weighted by Gasteiger charge is -2.35. The van der Waals surface area contributed by atoms with Crippen LogP contribution in [0.1, 0.15) is 13.3 Å². The number of aliphatic carboxylic acids is 1. The lowest BCUT2D eigenvalue weighted by Crippen LogP contribution is -2.53. The second kappa shape index (κ2) is 7.10. The van der Waals surface area contributed by atoms with E-state index < -0.39 is 18.1 Å². The number of ether oxygens (including phenoxy) is 2. The first-order valence-electron chi connectivity index (χ1n) is 8.16. The van der Waals surface area contributed by atoms with Crippen LogP contribution in [-0.2, 0) is 19.1 Å². The molecule has 1 saturated heterocycles. The van der Waals surface area contributed by atoms with Crippen LogP contribution in [0.2, 0.25) is 0 Å².